The minimum absolute atomic E-state index is 0.102. The summed E-state index contributed by atoms with van der Waals surface area (Å²) in [7, 11) is 0. The second-order valence-electron chi connectivity index (χ2n) is 15.8. The van der Waals surface area contributed by atoms with Crippen molar-refractivity contribution in [1.82, 2.24) is 0 Å². The highest BCUT2D eigenvalue weighted by Crippen LogP contribution is 2.42. The summed E-state index contributed by atoms with van der Waals surface area (Å²) in [4.78, 5) is 1.87. The molecular formula is C62H43N. The topological polar surface area (TPSA) is 3.24 Å². The van der Waals surface area contributed by atoms with E-state index in [9.17, 15) is 5.48 Å². The van der Waals surface area contributed by atoms with E-state index in [2.05, 4.69) is 152 Å². The van der Waals surface area contributed by atoms with Crippen LogP contribution in [-0.2, 0) is 0 Å². The zero-order valence-corrected chi connectivity index (χ0v) is 34.5. The Morgan fingerprint density at radius 3 is 1.40 bits per heavy atom. The third-order valence-corrected chi connectivity index (χ3v) is 12.0. The minimum Gasteiger partial charge on any atom is -0.311 e. The summed E-state index contributed by atoms with van der Waals surface area (Å²) in [5.41, 5.74) is 13.3. The van der Waals surface area contributed by atoms with Crippen molar-refractivity contribution in [3.8, 4) is 66.8 Å². The number of nitrogens with zero attached hydrogens (tertiary/aromatic N) is 1. The fourth-order valence-electron chi connectivity index (χ4n) is 8.79. The maximum absolute atomic E-state index is 9.63. The highest BCUT2D eigenvalue weighted by molar-refractivity contribution is 6.04. The van der Waals surface area contributed by atoms with Gasteiger partial charge in [-0.3, -0.25) is 0 Å². The molecule has 1 nitrogen and oxygen atoms in total. The summed E-state index contributed by atoms with van der Waals surface area (Å²) >= 11 is 0. The maximum atomic E-state index is 9.63. The van der Waals surface area contributed by atoms with Crippen LogP contribution in [0.25, 0.3) is 88.3 Å². The third kappa shape index (κ3) is 7.47. The van der Waals surface area contributed by atoms with Gasteiger partial charge in [0, 0.05) is 17.1 Å². The van der Waals surface area contributed by atoms with Gasteiger partial charge in [-0.25, -0.2) is 0 Å². The molecule has 0 saturated heterocycles. The summed E-state index contributed by atoms with van der Waals surface area (Å²) in [5, 5.41) is 4.68. The lowest BCUT2D eigenvalue weighted by atomic mass is 9.89. The van der Waals surface area contributed by atoms with Gasteiger partial charge in [0.15, 0.2) is 0 Å². The molecule has 0 unspecified atom stereocenters. The van der Waals surface area contributed by atoms with Crippen LogP contribution in [0.3, 0.4) is 0 Å². The fraction of sp³-hybridized carbons (Fsp3) is 0. The van der Waals surface area contributed by atoms with Crippen LogP contribution in [0.15, 0.2) is 261 Å². The monoisotopic (exact) mass is 805 g/mol. The van der Waals surface area contributed by atoms with E-state index in [1.807, 2.05) is 89.8 Å². The van der Waals surface area contributed by atoms with Crippen molar-refractivity contribution < 1.29 is 5.48 Å². The van der Waals surface area contributed by atoms with E-state index in [-0.39, 0.29) is 35.4 Å². The molecule has 0 fully saturated rings. The average Bonchev–Trinajstić information content (AvgIpc) is 3.40. The van der Waals surface area contributed by atoms with Gasteiger partial charge < -0.3 is 4.90 Å². The first-order valence-electron chi connectivity index (χ1n) is 23.3. The molecular weight excluding hydrogens is 759 g/mol. The van der Waals surface area contributed by atoms with Crippen molar-refractivity contribution in [1.29, 1.82) is 0 Å². The van der Waals surface area contributed by atoms with Gasteiger partial charge in [-0.05, 0) is 131 Å². The van der Waals surface area contributed by atoms with Crippen LogP contribution in [0, 0.1) is 0 Å². The van der Waals surface area contributed by atoms with Gasteiger partial charge in [0.25, 0.3) is 0 Å². The molecule has 0 aliphatic rings. The number of rotatable bonds is 9. The predicted octanol–water partition coefficient (Wildman–Crippen LogP) is 17.5. The molecule has 0 bridgehead atoms. The first kappa shape index (κ1) is 33.5. The van der Waals surface area contributed by atoms with E-state index in [0.29, 0.717) is 16.9 Å². The van der Waals surface area contributed by atoms with Crippen molar-refractivity contribution in [2.24, 2.45) is 0 Å². The molecule has 0 amide bonds. The normalized spacial score (nSPS) is 12.1. The van der Waals surface area contributed by atoms with E-state index in [0.717, 1.165) is 60.8 Å². The van der Waals surface area contributed by atoms with Crippen molar-refractivity contribution in [3.63, 3.8) is 0 Å². The molecule has 296 valence electrons. The van der Waals surface area contributed by atoms with Crippen LogP contribution in [-0.4, -0.2) is 0 Å². The van der Waals surface area contributed by atoms with Crippen molar-refractivity contribution in [3.05, 3.63) is 261 Å². The van der Waals surface area contributed by atoms with Gasteiger partial charge in [0.1, 0.15) is 0 Å². The van der Waals surface area contributed by atoms with Crippen molar-refractivity contribution >= 4 is 38.6 Å². The van der Waals surface area contributed by atoms with Gasteiger partial charge in [-0.1, -0.05) is 218 Å². The second kappa shape index (κ2) is 16.7. The number of benzene rings is 11. The van der Waals surface area contributed by atoms with E-state index in [4.69, 9.17) is 0 Å². The van der Waals surface area contributed by atoms with Gasteiger partial charge in [0.05, 0.1) is 5.48 Å². The van der Waals surface area contributed by atoms with Crippen LogP contribution in [0.2, 0.25) is 0 Å². The first-order valence-corrected chi connectivity index (χ1v) is 21.3. The Bertz CT molecular complexity index is 3550. The van der Waals surface area contributed by atoms with Crippen molar-refractivity contribution in [2.45, 2.75) is 0 Å². The zero-order chi connectivity index (χ0) is 45.4. The fourth-order valence-corrected chi connectivity index (χ4v) is 8.79. The minimum atomic E-state index is -0.125. The van der Waals surface area contributed by atoms with Gasteiger partial charge in [0.2, 0.25) is 0 Å². The van der Waals surface area contributed by atoms with E-state index >= 15 is 0 Å². The van der Waals surface area contributed by atoms with Gasteiger partial charge >= 0.3 is 0 Å². The van der Waals surface area contributed by atoms with Crippen molar-refractivity contribution in [2.75, 3.05) is 4.90 Å². The Morgan fingerprint density at radius 1 is 0.254 bits per heavy atom. The van der Waals surface area contributed by atoms with E-state index < -0.39 is 0 Å². The molecule has 0 N–H and O–H groups in total. The Kier molecular flexibility index (Phi) is 8.84. The Labute approximate surface area is 375 Å². The van der Waals surface area contributed by atoms with Crippen LogP contribution in [0.5, 0.6) is 0 Å². The molecule has 0 spiro atoms. The Morgan fingerprint density at radius 2 is 0.714 bits per heavy atom. The molecule has 11 aromatic carbocycles. The molecule has 0 heterocycles. The smallest absolute Gasteiger partial charge is 0.0645 e. The van der Waals surface area contributed by atoms with Crippen LogP contribution < -0.4 is 4.90 Å². The highest BCUT2D eigenvalue weighted by atomic mass is 15.1. The van der Waals surface area contributed by atoms with Crippen LogP contribution in [0.4, 0.5) is 17.1 Å². The second-order valence-corrected chi connectivity index (χ2v) is 15.8. The third-order valence-electron chi connectivity index (χ3n) is 12.0. The van der Waals surface area contributed by atoms with Gasteiger partial charge in [-0.15, -0.1) is 0 Å². The lowest BCUT2D eigenvalue weighted by molar-refractivity contribution is 1.28. The highest BCUT2D eigenvalue weighted by Gasteiger charge is 2.17. The summed E-state index contributed by atoms with van der Waals surface area (Å²) in [6.07, 6.45) is 0. The SMILES string of the molecule is [2H]c1c([2H])c(N(c2ccc(-c3cccc(-c4cccc5ccccc45)c3)cc2)c2ccc(-c3c(-c4ccccc4)ccc4ccccc34)cc2)c([2H])c([2H])c1-c1ccc(-c2ccccc2)cc1. The van der Waals surface area contributed by atoms with E-state index in [1.165, 1.54) is 16.3 Å². The van der Waals surface area contributed by atoms with Gasteiger partial charge in [-0.2, -0.15) is 0 Å². The lowest BCUT2D eigenvalue weighted by Crippen LogP contribution is -2.09. The maximum Gasteiger partial charge on any atom is 0.0645 e. The zero-order valence-electron chi connectivity index (χ0n) is 38.5. The number of fused-ring (bicyclic) bond motifs is 2. The molecule has 11 rings (SSSR count). The Hall–Kier alpha value is -8.26. The summed E-state index contributed by atoms with van der Waals surface area (Å²) in [6.45, 7) is 0. The van der Waals surface area contributed by atoms with E-state index in [1.54, 1.807) is 0 Å². The average molecular weight is 806 g/mol. The lowest BCUT2D eigenvalue weighted by Gasteiger charge is -2.26. The van der Waals surface area contributed by atoms with Crippen LogP contribution in [0.1, 0.15) is 5.48 Å². The molecule has 0 aromatic heterocycles. The van der Waals surface area contributed by atoms with Crippen LogP contribution >= 0.6 is 0 Å². The molecule has 0 atom stereocenters. The number of hydrogen-bond acceptors (Lipinski definition) is 1. The largest absolute Gasteiger partial charge is 0.311 e. The number of anilines is 3. The molecule has 11 aromatic rings. The summed E-state index contributed by atoms with van der Waals surface area (Å²) in [6, 6.07) is 80.4. The summed E-state index contributed by atoms with van der Waals surface area (Å²) < 4.78 is 38.1. The summed E-state index contributed by atoms with van der Waals surface area (Å²) in [5.74, 6) is 0. The molecule has 0 saturated carbocycles. The molecule has 1 heteroatoms. The quantitative estimate of drug-likeness (QED) is 0.140. The Balaban J connectivity index is 1.03. The molecule has 0 radical (unpaired) electrons. The number of hydrogen-bond donors (Lipinski definition) is 0. The standard InChI is InChI=1S/C62H43N/c1-3-13-44(14-4-1)45-25-27-46(28-26-45)47-29-36-55(37-30-47)63(56-38-31-48(32-39-56)53-20-11-21-54(43-53)59-24-12-19-49-17-7-9-22-58(49)59)57-40-33-52(34-41-57)62-60-23-10-8-18-51(60)35-42-61(62)50-15-5-2-6-16-50/h1-43H/i29D,30D,36D,37D. The predicted molar refractivity (Wildman–Crippen MR) is 269 cm³/mol. The molecule has 63 heavy (non-hydrogen) atoms. The molecule has 0 aliphatic heterocycles. The molecule has 0 aliphatic carbocycles. The first-order chi connectivity index (χ1) is 32.9.